The van der Waals surface area contributed by atoms with E-state index in [1.807, 2.05) is 0 Å². The van der Waals surface area contributed by atoms with Crippen molar-refractivity contribution >= 4 is 17.4 Å². The van der Waals surface area contributed by atoms with Crippen LogP contribution in [0.5, 0.6) is 0 Å². The molecule has 0 saturated carbocycles. The highest BCUT2D eigenvalue weighted by molar-refractivity contribution is 5.89. The number of ether oxygens (including phenoxy) is 1. The van der Waals surface area contributed by atoms with Gasteiger partial charge < -0.3 is 15.2 Å². The lowest BCUT2D eigenvalue weighted by atomic mass is 10.1. The van der Waals surface area contributed by atoms with Gasteiger partial charge in [0.1, 0.15) is 12.4 Å². The number of nitrogens with one attached hydrogen (secondary N) is 1. The van der Waals surface area contributed by atoms with Crippen molar-refractivity contribution in [1.29, 1.82) is 0 Å². The predicted molar refractivity (Wildman–Crippen MR) is 88.0 cm³/mol. The third kappa shape index (κ3) is 6.07. The Bertz CT molecular complexity index is 836. The molecule has 9 heteroatoms. The van der Waals surface area contributed by atoms with Crippen LogP contribution in [0.4, 0.5) is 23.2 Å². The van der Waals surface area contributed by atoms with Crippen molar-refractivity contribution in [3.05, 3.63) is 65.0 Å². The average molecular weight is 385 g/mol. The van der Waals surface area contributed by atoms with Crippen LogP contribution in [0.25, 0.3) is 0 Å². The van der Waals surface area contributed by atoms with E-state index in [1.165, 1.54) is 18.2 Å². The van der Waals surface area contributed by atoms with Gasteiger partial charge in [-0.1, -0.05) is 12.1 Å². The lowest BCUT2D eigenvalue weighted by Gasteiger charge is -2.11. The number of carbonyl (C=O) groups excluding carboxylic acids is 1. The van der Waals surface area contributed by atoms with Crippen molar-refractivity contribution in [2.45, 2.75) is 12.8 Å². The number of hydrogen-bond donors (Lipinski definition) is 2. The highest BCUT2D eigenvalue weighted by Crippen LogP contribution is 2.32. The number of hydrogen-bond acceptors (Lipinski definition) is 4. The molecule has 0 heterocycles. The van der Waals surface area contributed by atoms with Crippen molar-refractivity contribution in [2.75, 3.05) is 18.5 Å². The number of carbonyl (C=O) groups is 2. The monoisotopic (exact) mass is 385 g/mol. The summed E-state index contributed by atoms with van der Waals surface area (Å²) >= 11 is 0. The minimum absolute atomic E-state index is 0.0560. The van der Waals surface area contributed by atoms with E-state index >= 15 is 0 Å². The summed E-state index contributed by atoms with van der Waals surface area (Å²) in [5, 5.41) is 11.6. The third-order valence-corrected chi connectivity index (χ3v) is 3.47. The summed E-state index contributed by atoms with van der Waals surface area (Å²) in [4.78, 5) is 22.6. The molecule has 144 valence electrons. The molecule has 2 N–H and O–H groups in total. The zero-order valence-electron chi connectivity index (χ0n) is 13.8. The van der Waals surface area contributed by atoms with E-state index in [4.69, 9.17) is 9.84 Å². The van der Waals surface area contributed by atoms with Crippen LogP contribution < -0.4 is 5.32 Å². The summed E-state index contributed by atoms with van der Waals surface area (Å²) in [5.41, 5.74) is -0.828. The molecule has 0 atom stereocenters. The number of Topliss-reactive ketones (excluding diaryl/α,β-unsaturated/α-hetero) is 1. The van der Waals surface area contributed by atoms with Gasteiger partial charge in [-0.25, -0.2) is 9.18 Å². The van der Waals surface area contributed by atoms with Crippen LogP contribution in [0, 0.1) is 5.82 Å². The van der Waals surface area contributed by atoms with Crippen LogP contribution in [0.3, 0.4) is 0 Å². The van der Waals surface area contributed by atoms with E-state index < -0.39 is 29.3 Å². The maximum atomic E-state index is 13.2. The van der Waals surface area contributed by atoms with Gasteiger partial charge in [0.15, 0.2) is 5.78 Å². The third-order valence-electron chi connectivity index (χ3n) is 3.47. The summed E-state index contributed by atoms with van der Waals surface area (Å²) in [6.45, 7) is -0.811. The van der Waals surface area contributed by atoms with Crippen molar-refractivity contribution < 1.29 is 37.0 Å². The number of halogens is 4. The number of alkyl halides is 3. The smallest absolute Gasteiger partial charge is 0.419 e. The molecule has 0 spiro atoms. The molecule has 0 aliphatic heterocycles. The number of benzene rings is 2. The summed E-state index contributed by atoms with van der Waals surface area (Å²) in [6, 6.07) is 8.32. The first kappa shape index (κ1) is 20.4. The number of carboxylic acids is 1. The fraction of sp³-hybridized carbons (Fsp3) is 0.222. The molecule has 0 aliphatic rings. The normalized spacial score (nSPS) is 11.3. The largest absolute Gasteiger partial charge is 0.478 e. The molecule has 0 radical (unpaired) electrons. The van der Waals surface area contributed by atoms with Gasteiger partial charge in [0, 0.05) is 5.69 Å². The topological polar surface area (TPSA) is 75.6 Å². The second-order valence-electron chi connectivity index (χ2n) is 5.58. The number of aromatic carboxylic acids is 1. The fourth-order valence-electron chi connectivity index (χ4n) is 2.18. The van der Waals surface area contributed by atoms with Crippen LogP contribution in [0.15, 0.2) is 42.5 Å². The number of anilines is 1. The standard InChI is InChI=1S/C18H15F4NO4/c19-16-5-4-11(6-15(16)18(20,21)22)9-27-10-14(24)8-23-13-3-1-2-12(7-13)17(25)26/h1-7,23H,8-10H2,(H,25,26). The zero-order valence-corrected chi connectivity index (χ0v) is 13.8. The van der Waals surface area contributed by atoms with Gasteiger partial charge in [-0.15, -0.1) is 0 Å². The molecule has 0 unspecified atom stereocenters. The van der Waals surface area contributed by atoms with E-state index in [-0.39, 0.29) is 30.9 Å². The molecule has 5 nitrogen and oxygen atoms in total. The molecule has 0 bridgehead atoms. The lowest BCUT2D eigenvalue weighted by Crippen LogP contribution is -2.19. The molecule has 0 aromatic heterocycles. The van der Waals surface area contributed by atoms with Crippen LogP contribution in [-0.4, -0.2) is 30.0 Å². The molecule has 0 fully saturated rings. The SMILES string of the molecule is O=C(CNc1cccc(C(=O)O)c1)COCc1ccc(F)c(C(F)(F)F)c1. The molecule has 2 aromatic rings. The highest BCUT2D eigenvalue weighted by Gasteiger charge is 2.34. The van der Waals surface area contributed by atoms with Crippen molar-refractivity contribution in [3.63, 3.8) is 0 Å². The molecule has 0 saturated heterocycles. The maximum Gasteiger partial charge on any atom is 0.419 e. The minimum Gasteiger partial charge on any atom is -0.478 e. The Labute approximate surface area is 151 Å². The van der Waals surface area contributed by atoms with Crippen LogP contribution in [0.2, 0.25) is 0 Å². The van der Waals surface area contributed by atoms with Crippen LogP contribution in [-0.2, 0) is 22.3 Å². The van der Waals surface area contributed by atoms with Crippen molar-refractivity contribution in [1.82, 2.24) is 0 Å². The van der Waals surface area contributed by atoms with E-state index in [2.05, 4.69) is 5.32 Å². The Kier molecular flexibility index (Phi) is 6.51. The lowest BCUT2D eigenvalue weighted by molar-refractivity contribution is -0.140. The molecule has 27 heavy (non-hydrogen) atoms. The zero-order chi connectivity index (χ0) is 20.0. The van der Waals surface area contributed by atoms with Gasteiger partial charge in [0.25, 0.3) is 0 Å². The summed E-state index contributed by atoms with van der Waals surface area (Å²) in [7, 11) is 0. The summed E-state index contributed by atoms with van der Waals surface area (Å²) < 4.78 is 56.2. The van der Waals surface area contributed by atoms with Gasteiger partial charge >= 0.3 is 12.1 Å². The van der Waals surface area contributed by atoms with Crippen LogP contribution >= 0.6 is 0 Å². The first-order chi connectivity index (χ1) is 12.7. The number of rotatable bonds is 8. The van der Waals surface area contributed by atoms with Crippen molar-refractivity contribution in [3.8, 4) is 0 Å². The molecular weight excluding hydrogens is 370 g/mol. The number of ketones is 1. The van der Waals surface area contributed by atoms with Crippen LogP contribution in [0.1, 0.15) is 21.5 Å². The first-order valence-corrected chi connectivity index (χ1v) is 7.69. The second kappa shape index (κ2) is 8.63. The van der Waals surface area contributed by atoms with Gasteiger partial charge in [0.2, 0.25) is 0 Å². The number of carboxylic acid groups (broad SMARTS) is 1. The Morgan fingerprint density at radius 2 is 1.85 bits per heavy atom. The molecule has 0 amide bonds. The summed E-state index contributed by atoms with van der Waals surface area (Å²) in [6.07, 6.45) is -4.82. The Hall–Kier alpha value is -2.94. The maximum absolute atomic E-state index is 13.2. The molecule has 2 rings (SSSR count). The second-order valence-corrected chi connectivity index (χ2v) is 5.58. The Morgan fingerprint density at radius 1 is 1.11 bits per heavy atom. The van der Waals surface area contributed by atoms with Gasteiger partial charge in [0.05, 0.1) is 24.3 Å². The molecular formula is C18H15F4NO4. The van der Waals surface area contributed by atoms with E-state index in [0.29, 0.717) is 17.8 Å². The first-order valence-electron chi connectivity index (χ1n) is 7.69. The van der Waals surface area contributed by atoms with E-state index in [0.717, 1.165) is 6.07 Å². The Morgan fingerprint density at radius 3 is 2.52 bits per heavy atom. The average Bonchev–Trinajstić information content (AvgIpc) is 2.60. The molecule has 2 aromatic carbocycles. The molecule has 0 aliphatic carbocycles. The quantitative estimate of drug-likeness (QED) is 0.677. The minimum atomic E-state index is -4.82. The van der Waals surface area contributed by atoms with Gasteiger partial charge in [-0.2, -0.15) is 13.2 Å². The van der Waals surface area contributed by atoms with Gasteiger partial charge in [-0.05, 0) is 35.9 Å². The van der Waals surface area contributed by atoms with E-state index in [9.17, 15) is 27.2 Å². The van der Waals surface area contributed by atoms with Gasteiger partial charge in [-0.3, -0.25) is 4.79 Å². The Balaban J connectivity index is 1.83. The fourth-order valence-corrected chi connectivity index (χ4v) is 2.18. The van der Waals surface area contributed by atoms with E-state index in [1.54, 1.807) is 6.07 Å². The predicted octanol–water partition coefficient (Wildman–Crippen LogP) is 3.74. The summed E-state index contributed by atoms with van der Waals surface area (Å²) in [5.74, 6) is -2.88. The van der Waals surface area contributed by atoms with Crippen molar-refractivity contribution in [2.24, 2.45) is 0 Å². The highest BCUT2D eigenvalue weighted by atomic mass is 19.4.